The number of aliphatic hydroxyl groups is 1. The highest BCUT2D eigenvalue weighted by molar-refractivity contribution is 5.10. The Morgan fingerprint density at radius 1 is 1.36 bits per heavy atom. The van der Waals surface area contributed by atoms with Crippen molar-refractivity contribution in [3.8, 4) is 0 Å². The Balaban J connectivity index is 2.04. The summed E-state index contributed by atoms with van der Waals surface area (Å²) in [6.07, 6.45) is 9.97. The average Bonchev–Trinajstić information content (AvgIpc) is 2.63. The maximum atomic E-state index is 10.3. The molecule has 0 amide bonds. The third-order valence-corrected chi connectivity index (χ3v) is 4.05. The van der Waals surface area contributed by atoms with Gasteiger partial charge in [-0.3, -0.25) is 0 Å². The molecule has 0 aliphatic heterocycles. The van der Waals surface area contributed by atoms with E-state index in [0.717, 1.165) is 19.3 Å². The van der Waals surface area contributed by atoms with Crippen molar-refractivity contribution in [3.05, 3.63) is 12.2 Å². The van der Waals surface area contributed by atoms with Crippen molar-refractivity contribution in [2.75, 3.05) is 0 Å². The predicted octanol–water partition coefficient (Wildman–Crippen LogP) is 1.99. The average molecular weight is 195 g/mol. The summed E-state index contributed by atoms with van der Waals surface area (Å²) in [6, 6.07) is 0.476. The van der Waals surface area contributed by atoms with E-state index in [1.54, 1.807) is 0 Å². The van der Waals surface area contributed by atoms with E-state index in [0.29, 0.717) is 6.04 Å². The molecule has 14 heavy (non-hydrogen) atoms. The van der Waals surface area contributed by atoms with Gasteiger partial charge in [0.1, 0.15) is 0 Å². The number of allylic oxidation sites excluding steroid dienone is 1. The Hall–Kier alpha value is -0.340. The minimum Gasteiger partial charge on any atom is -0.388 e. The number of hydrogen-bond acceptors (Lipinski definition) is 2. The summed E-state index contributed by atoms with van der Waals surface area (Å²) in [7, 11) is 0. The van der Waals surface area contributed by atoms with Gasteiger partial charge in [-0.15, -0.1) is 0 Å². The topological polar surface area (TPSA) is 32.3 Å². The van der Waals surface area contributed by atoms with E-state index in [9.17, 15) is 5.11 Å². The van der Waals surface area contributed by atoms with Crippen molar-refractivity contribution >= 4 is 0 Å². The van der Waals surface area contributed by atoms with Crippen LogP contribution in [0.3, 0.4) is 0 Å². The van der Waals surface area contributed by atoms with Gasteiger partial charge in [0.2, 0.25) is 0 Å². The lowest BCUT2D eigenvalue weighted by Gasteiger charge is -2.39. The summed E-state index contributed by atoms with van der Waals surface area (Å²) in [5, 5.41) is 13.9. The predicted molar refractivity (Wildman–Crippen MR) is 58.2 cm³/mol. The van der Waals surface area contributed by atoms with Gasteiger partial charge in [0.15, 0.2) is 0 Å². The first-order chi connectivity index (χ1) is 6.54. The summed E-state index contributed by atoms with van der Waals surface area (Å²) in [5.41, 5.74) is -0.629. The SMILES string of the molecule is CC1(O)CCCC1(C)NC1C=CCC1. The van der Waals surface area contributed by atoms with Crippen LogP contribution in [0, 0.1) is 0 Å². The van der Waals surface area contributed by atoms with Crippen molar-refractivity contribution in [2.24, 2.45) is 0 Å². The molecule has 2 N–H and O–H groups in total. The molecule has 0 radical (unpaired) electrons. The lowest BCUT2D eigenvalue weighted by molar-refractivity contribution is -0.00938. The summed E-state index contributed by atoms with van der Waals surface area (Å²) < 4.78 is 0. The van der Waals surface area contributed by atoms with E-state index >= 15 is 0 Å². The zero-order valence-electron chi connectivity index (χ0n) is 9.21. The molecule has 0 heterocycles. The van der Waals surface area contributed by atoms with E-state index in [2.05, 4.69) is 24.4 Å². The zero-order chi connectivity index (χ0) is 10.2. The van der Waals surface area contributed by atoms with Crippen molar-refractivity contribution in [1.82, 2.24) is 5.32 Å². The number of nitrogens with one attached hydrogen (secondary N) is 1. The van der Waals surface area contributed by atoms with Crippen LogP contribution in [0.5, 0.6) is 0 Å². The molecule has 0 spiro atoms. The second kappa shape index (κ2) is 3.35. The molecular formula is C12H21NO. The minimum absolute atomic E-state index is 0.0909. The number of rotatable bonds is 2. The van der Waals surface area contributed by atoms with Gasteiger partial charge < -0.3 is 10.4 Å². The second-order valence-electron chi connectivity index (χ2n) is 5.22. The molecule has 1 fully saturated rings. The summed E-state index contributed by atoms with van der Waals surface area (Å²) in [6.45, 7) is 4.12. The van der Waals surface area contributed by atoms with Gasteiger partial charge in [-0.05, 0) is 46.0 Å². The van der Waals surface area contributed by atoms with Crippen LogP contribution in [0.1, 0.15) is 46.0 Å². The Morgan fingerprint density at radius 3 is 2.64 bits per heavy atom. The van der Waals surface area contributed by atoms with Crippen molar-refractivity contribution in [2.45, 2.75) is 63.1 Å². The fourth-order valence-corrected chi connectivity index (χ4v) is 2.72. The molecular weight excluding hydrogens is 174 g/mol. The van der Waals surface area contributed by atoms with Gasteiger partial charge in [0.25, 0.3) is 0 Å². The highest BCUT2D eigenvalue weighted by Crippen LogP contribution is 2.39. The lowest BCUT2D eigenvalue weighted by atomic mass is 9.85. The monoisotopic (exact) mass is 195 g/mol. The Morgan fingerprint density at radius 2 is 2.14 bits per heavy atom. The molecule has 2 aliphatic rings. The van der Waals surface area contributed by atoms with E-state index in [-0.39, 0.29) is 5.54 Å². The molecule has 0 saturated heterocycles. The smallest absolute Gasteiger partial charge is 0.0797 e. The van der Waals surface area contributed by atoms with Crippen LogP contribution < -0.4 is 5.32 Å². The van der Waals surface area contributed by atoms with Crippen LogP contribution in [0.4, 0.5) is 0 Å². The first kappa shape index (κ1) is 10.2. The normalized spacial score (nSPS) is 47.5. The van der Waals surface area contributed by atoms with Gasteiger partial charge in [-0.2, -0.15) is 0 Å². The minimum atomic E-state index is -0.538. The van der Waals surface area contributed by atoms with Crippen molar-refractivity contribution in [1.29, 1.82) is 0 Å². The second-order valence-corrected chi connectivity index (χ2v) is 5.22. The van der Waals surface area contributed by atoms with Crippen molar-refractivity contribution in [3.63, 3.8) is 0 Å². The van der Waals surface area contributed by atoms with E-state index in [4.69, 9.17) is 0 Å². The van der Waals surface area contributed by atoms with Gasteiger partial charge in [-0.25, -0.2) is 0 Å². The van der Waals surface area contributed by atoms with E-state index in [1.165, 1.54) is 12.8 Å². The zero-order valence-corrected chi connectivity index (χ0v) is 9.21. The number of hydrogen-bond donors (Lipinski definition) is 2. The fraction of sp³-hybridized carbons (Fsp3) is 0.833. The van der Waals surface area contributed by atoms with Crippen LogP contribution in [0.25, 0.3) is 0 Å². The van der Waals surface area contributed by atoms with E-state index < -0.39 is 5.60 Å². The highest BCUT2D eigenvalue weighted by Gasteiger charge is 2.47. The van der Waals surface area contributed by atoms with Crippen LogP contribution in [0.2, 0.25) is 0 Å². The molecule has 3 unspecified atom stereocenters. The van der Waals surface area contributed by atoms with Crippen LogP contribution >= 0.6 is 0 Å². The molecule has 2 heteroatoms. The Labute approximate surface area is 86.4 Å². The largest absolute Gasteiger partial charge is 0.388 e. The molecule has 2 nitrogen and oxygen atoms in total. The van der Waals surface area contributed by atoms with E-state index in [1.807, 2.05) is 6.92 Å². The molecule has 80 valence electrons. The van der Waals surface area contributed by atoms with Gasteiger partial charge >= 0.3 is 0 Å². The molecule has 0 aromatic heterocycles. The fourth-order valence-electron chi connectivity index (χ4n) is 2.72. The highest BCUT2D eigenvalue weighted by atomic mass is 16.3. The first-order valence-corrected chi connectivity index (χ1v) is 5.70. The third kappa shape index (κ3) is 1.61. The first-order valence-electron chi connectivity index (χ1n) is 5.70. The van der Waals surface area contributed by atoms with Gasteiger partial charge in [-0.1, -0.05) is 12.2 Å². The van der Waals surface area contributed by atoms with Crippen LogP contribution in [-0.4, -0.2) is 22.3 Å². The maximum absolute atomic E-state index is 10.3. The quantitative estimate of drug-likeness (QED) is 0.660. The molecule has 0 aromatic carbocycles. The third-order valence-electron chi connectivity index (χ3n) is 4.05. The van der Waals surface area contributed by atoms with Gasteiger partial charge in [0, 0.05) is 11.6 Å². The lowest BCUT2D eigenvalue weighted by Crippen LogP contribution is -2.58. The van der Waals surface area contributed by atoms with Gasteiger partial charge in [0.05, 0.1) is 5.60 Å². The Bertz CT molecular complexity index is 247. The molecule has 0 aromatic rings. The van der Waals surface area contributed by atoms with Crippen LogP contribution in [0.15, 0.2) is 12.2 Å². The Kier molecular flexibility index (Phi) is 2.44. The summed E-state index contributed by atoms with van der Waals surface area (Å²) >= 11 is 0. The summed E-state index contributed by atoms with van der Waals surface area (Å²) in [5.74, 6) is 0. The van der Waals surface area contributed by atoms with Crippen LogP contribution in [-0.2, 0) is 0 Å². The molecule has 2 aliphatic carbocycles. The standard InChI is InChI=1S/C12H21NO/c1-11(8-5-9-12(11,2)14)13-10-6-3-4-7-10/h3,6,10,13-14H,4-5,7-9H2,1-2H3. The molecule has 0 bridgehead atoms. The maximum Gasteiger partial charge on any atom is 0.0797 e. The van der Waals surface area contributed by atoms with Crippen molar-refractivity contribution < 1.29 is 5.11 Å². The summed E-state index contributed by atoms with van der Waals surface area (Å²) in [4.78, 5) is 0. The molecule has 1 saturated carbocycles. The molecule has 3 atom stereocenters. The molecule has 2 rings (SSSR count).